The van der Waals surface area contributed by atoms with Crippen LogP contribution in [-0.4, -0.2) is 7.11 Å². The van der Waals surface area contributed by atoms with Crippen LogP contribution < -0.4 is 4.74 Å². The molecule has 0 radical (unpaired) electrons. The maximum atomic E-state index is 5.46. The van der Waals surface area contributed by atoms with Crippen molar-refractivity contribution in [2.75, 3.05) is 7.11 Å². The first-order valence-electron chi connectivity index (χ1n) is 5.66. The van der Waals surface area contributed by atoms with Gasteiger partial charge in [-0.15, -0.1) is 0 Å². The van der Waals surface area contributed by atoms with Crippen LogP contribution in [0.15, 0.2) is 16.6 Å². The number of rotatable bonds is 2. The van der Waals surface area contributed by atoms with Crippen molar-refractivity contribution < 1.29 is 4.74 Å². The van der Waals surface area contributed by atoms with Crippen LogP contribution in [0.5, 0.6) is 5.75 Å². The Hall–Kier alpha value is -0.500. The van der Waals surface area contributed by atoms with Crippen molar-refractivity contribution in [2.45, 2.75) is 31.6 Å². The second kappa shape index (κ2) is 3.51. The summed E-state index contributed by atoms with van der Waals surface area (Å²) < 4.78 is 6.61. The molecule has 2 aliphatic rings. The Morgan fingerprint density at radius 2 is 2.07 bits per heavy atom. The van der Waals surface area contributed by atoms with Gasteiger partial charge in [-0.3, -0.25) is 0 Å². The Morgan fingerprint density at radius 1 is 1.27 bits per heavy atom. The Labute approximate surface area is 99.0 Å². The van der Waals surface area contributed by atoms with Crippen LogP contribution >= 0.6 is 15.9 Å². The maximum Gasteiger partial charge on any atom is 0.123 e. The van der Waals surface area contributed by atoms with Crippen molar-refractivity contribution in [1.29, 1.82) is 0 Å². The topological polar surface area (TPSA) is 9.23 Å². The van der Waals surface area contributed by atoms with Gasteiger partial charge in [0, 0.05) is 4.47 Å². The van der Waals surface area contributed by atoms with Crippen molar-refractivity contribution in [3.63, 3.8) is 0 Å². The zero-order valence-electron chi connectivity index (χ0n) is 8.92. The van der Waals surface area contributed by atoms with E-state index in [1.807, 2.05) is 0 Å². The average molecular weight is 267 g/mol. The molecule has 2 heteroatoms. The third kappa shape index (κ3) is 1.59. The van der Waals surface area contributed by atoms with E-state index in [0.717, 1.165) is 22.1 Å². The third-order valence-electron chi connectivity index (χ3n) is 3.72. The molecular weight excluding hydrogens is 252 g/mol. The maximum absolute atomic E-state index is 5.46. The van der Waals surface area contributed by atoms with Gasteiger partial charge in [0.05, 0.1) is 7.11 Å². The first-order chi connectivity index (χ1) is 7.29. The fourth-order valence-electron chi connectivity index (χ4n) is 2.86. The highest BCUT2D eigenvalue weighted by Gasteiger charge is 2.37. The quantitative estimate of drug-likeness (QED) is 0.789. The van der Waals surface area contributed by atoms with Crippen LogP contribution in [0.3, 0.4) is 0 Å². The minimum atomic E-state index is 0.811. The second-order valence-electron chi connectivity index (χ2n) is 4.66. The lowest BCUT2D eigenvalue weighted by Crippen LogP contribution is -1.96. The van der Waals surface area contributed by atoms with Crippen molar-refractivity contribution in [1.82, 2.24) is 0 Å². The predicted molar refractivity (Wildman–Crippen MR) is 64.5 cm³/mol. The number of benzene rings is 1. The molecule has 80 valence electrons. The number of hydrogen-bond donors (Lipinski definition) is 0. The van der Waals surface area contributed by atoms with E-state index in [1.165, 1.54) is 31.2 Å². The van der Waals surface area contributed by atoms with Gasteiger partial charge in [-0.05, 0) is 60.8 Å². The molecule has 1 fully saturated rings. The molecule has 1 unspecified atom stereocenters. The second-order valence-corrected chi connectivity index (χ2v) is 5.57. The van der Waals surface area contributed by atoms with E-state index in [4.69, 9.17) is 4.74 Å². The van der Waals surface area contributed by atoms with E-state index >= 15 is 0 Å². The van der Waals surface area contributed by atoms with Gasteiger partial charge in [-0.2, -0.15) is 0 Å². The number of ether oxygens (including phenoxy) is 1. The highest BCUT2D eigenvalue weighted by Crippen LogP contribution is 2.51. The smallest absolute Gasteiger partial charge is 0.123 e. The molecular formula is C13H15BrO. The van der Waals surface area contributed by atoms with Crippen LogP contribution in [0.2, 0.25) is 0 Å². The van der Waals surface area contributed by atoms with Gasteiger partial charge in [0.25, 0.3) is 0 Å². The zero-order valence-corrected chi connectivity index (χ0v) is 10.5. The predicted octanol–water partition coefficient (Wildman–Crippen LogP) is 3.90. The molecule has 1 aromatic carbocycles. The van der Waals surface area contributed by atoms with Gasteiger partial charge in [0.15, 0.2) is 0 Å². The van der Waals surface area contributed by atoms with E-state index in [1.54, 1.807) is 12.7 Å². The molecule has 0 amide bonds. The summed E-state index contributed by atoms with van der Waals surface area (Å²) in [6.45, 7) is 0. The fraction of sp³-hybridized carbons (Fsp3) is 0.538. The first-order valence-corrected chi connectivity index (χ1v) is 6.45. The van der Waals surface area contributed by atoms with Crippen LogP contribution in [0, 0.1) is 5.92 Å². The largest absolute Gasteiger partial charge is 0.496 e. The SMILES string of the molecule is COc1cc(Br)cc2c1CCC2C1CC1. The van der Waals surface area contributed by atoms with Crippen LogP contribution in [0.25, 0.3) is 0 Å². The molecule has 1 saturated carbocycles. The third-order valence-corrected chi connectivity index (χ3v) is 4.18. The summed E-state index contributed by atoms with van der Waals surface area (Å²) in [6, 6.07) is 4.39. The molecule has 0 bridgehead atoms. The van der Waals surface area contributed by atoms with Crippen molar-refractivity contribution in [3.8, 4) is 5.75 Å². The van der Waals surface area contributed by atoms with Gasteiger partial charge in [-0.1, -0.05) is 15.9 Å². The molecule has 1 atom stereocenters. The van der Waals surface area contributed by atoms with E-state index in [0.29, 0.717) is 0 Å². The van der Waals surface area contributed by atoms with Crippen LogP contribution in [0.1, 0.15) is 36.3 Å². The molecule has 15 heavy (non-hydrogen) atoms. The highest BCUT2D eigenvalue weighted by atomic mass is 79.9. The number of hydrogen-bond acceptors (Lipinski definition) is 1. The normalized spacial score (nSPS) is 24.0. The van der Waals surface area contributed by atoms with E-state index in [9.17, 15) is 0 Å². The van der Waals surface area contributed by atoms with Gasteiger partial charge < -0.3 is 4.74 Å². The van der Waals surface area contributed by atoms with Crippen LogP contribution in [-0.2, 0) is 6.42 Å². The lowest BCUT2D eigenvalue weighted by Gasteiger charge is -2.12. The summed E-state index contributed by atoms with van der Waals surface area (Å²) in [5.74, 6) is 2.85. The van der Waals surface area contributed by atoms with Gasteiger partial charge in [0.1, 0.15) is 5.75 Å². The van der Waals surface area contributed by atoms with E-state index in [-0.39, 0.29) is 0 Å². The Morgan fingerprint density at radius 3 is 2.73 bits per heavy atom. The number of fused-ring (bicyclic) bond motifs is 1. The van der Waals surface area contributed by atoms with Gasteiger partial charge >= 0.3 is 0 Å². The molecule has 0 saturated heterocycles. The van der Waals surface area contributed by atoms with Gasteiger partial charge in [-0.25, -0.2) is 0 Å². The van der Waals surface area contributed by atoms with Crippen molar-refractivity contribution in [2.24, 2.45) is 5.92 Å². The van der Waals surface area contributed by atoms with E-state index in [2.05, 4.69) is 28.1 Å². The lowest BCUT2D eigenvalue weighted by atomic mass is 9.96. The monoisotopic (exact) mass is 266 g/mol. The molecule has 0 aliphatic heterocycles. The first kappa shape index (κ1) is 9.71. The summed E-state index contributed by atoms with van der Waals surface area (Å²) in [4.78, 5) is 0. The van der Waals surface area contributed by atoms with Crippen molar-refractivity contribution >= 4 is 15.9 Å². The molecule has 1 nitrogen and oxygen atoms in total. The van der Waals surface area contributed by atoms with Crippen molar-refractivity contribution in [3.05, 3.63) is 27.7 Å². The average Bonchev–Trinajstić information content (AvgIpc) is 2.98. The Bertz CT molecular complexity index is 396. The Kier molecular flexibility index (Phi) is 2.27. The molecule has 0 spiro atoms. The summed E-state index contributed by atoms with van der Waals surface area (Å²) >= 11 is 3.57. The molecule has 0 aromatic heterocycles. The minimum absolute atomic E-state index is 0.811. The Balaban J connectivity index is 2.06. The summed E-state index contributed by atoms with van der Waals surface area (Å²) in [7, 11) is 1.77. The minimum Gasteiger partial charge on any atom is -0.496 e. The molecule has 0 N–H and O–H groups in total. The lowest BCUT2D eigenvalue weighted by molar-refractivity contribution is 0.410. The van der Waals surface area contributed by atoms with Gasteiger partial charge in [0.2, 0.25) is 0 Å². The molecule has 1 aromatic rings. The molecule has 2 aliphatic carbocycles. The zero-order chi connectivity index (χ0) is 10.4. The summed E-state index contributed by atoms with van der Waals surface area (Å²) in [5, 5.41) is 0. The standard InChI is InChI=1S/C13H15BrO/c1-15-13-7-9(14)6-12-10(8-2-3-8)4-5-11(12)13/h6-8,10H,2-5H2,1H3. The summed E-state index contributed by atoms with van der Waals surface area (Å²) in [6.07, 6.45) is 5.39. The fourth-order valence-corrected chi connectivity index (χ4v) is 3.31. The summed E-state index contributed by atoms with van der Waals surface area (Å²) in [5.41, 5.74) is 3.00. The highest BCUT2D eigenvalue weighted by molar-refractivity contribution is 9.10. The van der Waals surface area contributed by atoms with Crippen LogP contribution in [0.4, 0.5) is 0 Å². The molecule has 0 heterocycles. The number of halogens is 1. The number of methoxy groups -OCH3 is 1. The molecule has 3 rings (SSSR count). The van der Waals surface area contributed by atoms with E-state index < -0.39 is 0 Å².